The predicted molar refractivity (Wildman–Crippen MR) is 103 cm³/mol. The molecule has 6 heteroatoms. The van der Waals surface area contributed by atoms with Crippen molar-refractivity contribution in [1.82, 2.24) is 4.57 Å². The Hall–Kier alpha value is -2.73. The molecule has 3 aromatic rings. The van der Waals surface area contributed by atoms with Gasteiger partial charge in [-0.1, -0.05) is 17.4 Å². The third kappa shape index (κ3) is 3.32. The quantitative estimate of drug-likeness (QED) is 0.660. The van der Waals surface area contributed by atoms with Crippen LogP contribution < -0.4 is 4.80 Å². The number of aromatic nitrogens is 1. The van der Waals surface area contributed by atoms with Gasteiger partial charge in [-0.25, -0.2) is 4.79 Å². The lowest BCUT2D eigenvalue weighted by Gasteiger charge is -2.03. The van der Waals surface area contributed by atoms with E-state index in [4.69, 9.17) is 4.74 Å². The van der Waals surface area contributed by atoms with E-state index in [-0.39, 0.29) is 11.9 Å². The second-order valence-corrected chi connectivity index (χ2v) is 7.03. The summed E-state index contributed by atoms with van der Waals surface area (Å²) in [5, 5.41) is 0. The zero-order valence-corrected chi connectivity index (χ0v) is 16.0. The minimum Gasteiger partial charge on any atom is -0.465 e. The molecule has 26 heavy (non-hydrogen) atoms. The maximum Gasteiger partial charge on any atom is 0.337 e. The molecule has 0 saturated heterocycles. The number of carbonyl (C=O) groups excluding carboxylic acids is 2. The van der Waals surface area contributed by atoms with Crippen molar-refractivity contribution in [3.8, 4) is 0 Å². The predicted octanol–water partition coefficient (Wildman–Crippen LogP) is 3.87. The van der Waals surface area contributed by atoms with Crippen molar-refractivity contribution in [3.63, 3.8) is 0 Å². The Labute approximate surface area is 155 Å². The molecule has 0 aliphatic carbocycles. The molecule has 0 saturated carbocycles. The summed E-state index contributed by atoms with van der Waals surface area (Å²) in [6.07, 6.45) is 0. The number of methoxy groups -OCH3 is 1. The molecule has 0 fully saturated rings. The van der Waals surface area contributed by atoms with Crippen molar-refractivity contribution in [3.05, 3.63) is 63.5 Å². The van der Waals surface area contributed by atoms with Gasteiger partial charge in [0, 0.05) is 12.1 Å². The standard InChI is InChI=1S/C20H20N2O3S/c1-5-22-16-9-8-15(19(24)25-4)11-17(16)26-20(22)21-18(23)14-7-6-12(2)13(3)10-14/h6-11H,5H2,1-4H3. The van der Waals surface area contributed by atoms with Gasteiger partial charge in [-0.3, -0.25) is 4.79 Å². The zero-order valence-electron chi connectivity index (χ0n) is 15.2. The number of rotatable bonds is 3. The summed E-state index contributed by atoms with van der Waals surface area (Å²) in [5.74, 6) is -0.650. The first-order valence-corrected chi connectivity index (χ1v) is 9.14. The molecule has 1 amide bonds. The smallest absolute Gasteiger partial charge is 0.337 e. The lowest BCUT2D eigenvalue weighted by molar-refractivity contribution is 0.0601. The molecule has 0 unspecified atom stereocenters. The van der Waals surface area contributed by atoms with Crippen LogP contribution in [0.25, 0.3) is 10.2 Å². The maximum absolute atomic E-state index is 12.6. The van der Waals surface area contributed by atoms with Crippen molar-refractivity contribution in [2.24, 2.45) is 4.99 Å². The van der Waals surface area contributed by atoms with Gasteiger partial charge >= 0.3 is 5.97 Å². The van der Waals surface area contributed by atoms with Crippen LogP contribution in [0.2, 0.25) is 0 Å². The second kappa shape index (κ2) is 7.25. The molecule has 2 aromatic carbocycles. The number of hydrogen-bond donors (Lipinski definition) is 0. The highest BCUT2D eigenvalue weighted by Crippen LogP contribution is 2.20. The van der Waals surface area contributed by atoms with E-state index in [1.165, 1.54) is 18.4 Å². The fraction of sp³-hybridized carbons (Fsp3) is 0.250. The van der Waals surface area contributed by atoms with E-state index in [2.05, 4.69) is 4.99 Å². The molecule has 1 aromatic heterocycles. The van der Waals surface area contributed by atoms with Gasteiger partial charge in [0.1, 0.15) is 0 Å². The summed E-state index contributed by atoms with van der Waals surface area (Å²) in [7, 11) is 1.36. The van der Waals surface area contributed by atoms with Crippen LogP contribution in [-0.2, 0) is 11.3 Å². The molecule has 1 heterocycles. The van der Waals surface area contributed by atoms with Crippen LogP contribution in [0.1, 0.15) is 38.8 Å². The van der Waals surface area contributed by atoms with E-state index in [1.807, 2.05) is 43.5 Å². The van der Waals surface area contributed by atoms with Crippen molar-refractivity contribution < 1.29 is 14.3 Å². The molecule has 0 spiro atoms. The van der Waals surface area contributed by atoms with E-state index in [9.17, 15) is 9.59 Å². The molecular weight excluding hydrogens is 348 g/mol. The fourth-order valence-corrected chi connectivity index (χ4v) is 3.87. The van der Waals surface area contributed by atoms with Gasteiger partial charge in [-0.05, 0) is 62.2 Å². The summed E-state index contributed by atoms with van der Waals surface area (Å²) in [4.78, 5) is 29.3. The van der Waals surface area contributed by atoms with Crippen LogP contribution >= 0.6 is 11.3 Å². The first kappa shape index (κ1) is 18.1. The Balaban J connectivity index is 2.10. The number of hydrogen-bond acceptors (Lipinski definition) is 4. The first-order valence-electron chi connectivity index (χ1n) is 8.32. The Bertz CT molecular complexity index is 1080. The van der Waals surface area contributed by atoms with Crippen molar-refractivity contribution in [2.75, 3.05) is 7.11 Å². The van der Waals surface area contributed by atoms with Crippen molar-refractivity contribution in [1.29, 1.82) is 0 Å². The summed E-state index contributed by atoms with van der Waals surface area (Å²) in [5.41, 5.74) is 4.20. The minimum atomic E-state index is -0.381. The van der Waals surface area contributed by atoms with Crippen LogP contribution in [0, 0.1) is 13.8 Å². The van der Waals surface area contributed by atoms with Gasteiger partial charge < -0.3 is 9.30 Å². The highest BCUT2D eigenvalue weighted by Gasteiger charge is 2.12. The van der Waals surface area contributed by atoms with Gasteiger partial charge in [-0.15, -0.1) is 0 Å². The molecule has 0 atom stereocenters. The molecule has 0 bridgehead atoms. The molecule has 0 N–H and O–H groups in total. The van der Waals surface area contributed by atoms with Gasteiger partial charge in [0.05, 0.1) is 22.9 Å². The number of fused-ring (bicyclic) bond motifs is 1. The molecule has 0 radical (unpaired) electrons. The number of carbonyl (C=O) groups is 2. The SMILES string of the molecule is CCn1c(=NC(=O)c2ccc(C)c(C)c2)sc2cc(C(=O)OC)ccc21. The minimum absolute atomic E-state index is 0.268. The maximum atomic E-state index is 12.6. The molecule has 5 nitrogen and oxygen atoms in total. The van der Waals surface area contributed by atoms with Gasteiger partial charge in [0.25, 0.3) is 5.91 Å². The first-order chi connectivity index (χ1) is 12.4. The summed E-state index contributed by atoms with van der Waals surface area (Å²) >= 11 is 1.39. The fourth-order valence-electron chi connectivity index (χ4n) is 2.73. The Kier molecular flexibility index (Phi) is 5.04. The average Bonchev–Trinajstić information content (AvgIpc) is 2.99. The van der Waals surface area contributed by atoms with Crippen molar-refractivity contribution >= 4 is 33.4 Å². The third-order valence-electron chi connectivity index (χ3n) is 4.37. The molecule has 0 aliphatic rings. The monoisotopic (exact) mass is 368 g/mol. The van der Waals surface area contributed by atoms with Gasteiger partial charge in [-0.2, -0.15) is 4.99 Å². The number of amides is 1. The Morgan fingerprint density at radius 1 is 1.08 bits per heavy atom. The van der Waals surface area contributed by atoms with Crippen LogP contribution in [-0.4, -0.2) is 23.6 Å². The van der Waals surface area contributed by atoms with E-state index in [1.54, 1.807) is 18.2 Å². The Morgan fingerprint density at radius 3 is 2.46 bits per heavy atom. The number of ether oxygens (including phenoxy) is 1. The molecule has 0 aliphatic heterocycles. The largest absolute Gasteiger partial charge is 0.465 e. The van der Waals surface area contributed by atoms with Gasteiger partial charge in [0.15, 0.2) is 4.80 Å². The van der Waals surface area contributed by atoms with E-state index in [0.29, 0.717) is 22.5 Å². The summed E-state index contributed by atoms with van der Waals surface area (Å²) in [6, 6.07) is 11.0. The average molecular weight is 368 g/mol. The summed E-state index contributed by atoms with van der Waals surface area (Å²) < 4.78 is 7.64. The number of esters is 1. The summed E-state index contributed by atoms with van der Waals surface area (Å²) in [6.45, 7) is 6.67. The number of benzene rings is 2. The normalized spacial score (nSPS) is 11.8. The van der Waals surface area contributed by atoms with Crippen LogP contribution in [0.15, 0.2) is 41.4 Å². The van der Waals surface area contributed by atoms with Gasteiger partial charge in [0.2, 0.25) is 0 Å². The number of aryl methyl sites for hydroxylation is 3. The third-order valence-corrected chi connectivity index (χ3v) is 5.41. The Morgan fingerprint density at radius 2 is 1.81 bits per heavy atom. The highest BCUT2D eigenvalue weighted by molar-refractivity contribution is 7.16. The van der Waals surface area contributed by atoms with Crippen molar-refractivity contribution in [2.45, 2.75) is 27.3 Å². The van der Waals surface area contributed by atoms with E-state index >= 15 is 0 Å². The molecule has 3 rings (SSSR count). The van der Waals surface area contributed by atoms with E-state index in [0.717, 1.165) is 21.3 Å². The molecular formula is C20H20N2O3S. The lowest BCUT2D eigenvalue weighted by atomic mass is 10.1. The lowest BCUT2D eigenvalue weighted by Crippen LogP contribution is -2.16. The zero-order chi connectivity index (χ0) is 18.8. The van der Waals surface area contributed by atoms with Crippen LogP contribution in [0.4, 0.5) is 0 Å². The van der Waals surface area contributed by atoms with Crippen LogP contribution in [0.3, 0.4) is 0 Å². The molecule has 134 valence electrons. The van der Waals surface area contributed by atoms with E-state index < -0.39 is 0 Å². The number of nitrogens with zero attached hydrogens (tertiary/aromatic N) is 2. The van der Waals surface area contributed by atoms with Crippen LogP contribution in [0.5, 0.6) is 0 Å². The topological polar surface area (TPSA) is 60.7 Å². The highest BCUT2D eigenvalue weighted by atomic mass is 32.1. The second-order valence-electron chi connectivity index (χ2n) is 6.02. The number of thiazole rings is 1.